The van der Waals surface area contributed by atoms with E-state index in [-0.39, 0.29) is 42.7 Å². The molecule has 12 nitrogen and oxygen atoms in total. The van der Waals surface area contributed by atoms with Crippen LogP contribution in [0.1, 0.15) is 166 Å². The predicted molar refractivity (Wildman–Crippen MR) is 260 cm³/mol. The Balaban J connectivity index is 4.31. The number of nitrogens with zero attached hydrogens (tertiary/aromatic N) is 9. The van der Waals surface area contributed by atoms with Gasteiger partial charge in [0.15, 0.2) is 0 Å². The molecule has 0 atom stereocenters. The van der Waals surface area contributed by atoms with E-state index in [1.807, 2.05) is 0 Å². The third kappa shape index (κ3) is 14.0. The maximum atomic E-state index is 4.19. The molecule has 0 unspecified atom stereocenters. The minimum atomic E-state index is -0.173. The Hall–Kier alpha value is -0.0904. The van der Waals surface area contributed by atoms with E-state index < -0.39 is 0 Å². The summed E-state index contributed by atoms with van der Waals surface area (Å²) in [7, 11) is 6.56. The zero-order valence-corrected chi connectivity index (χ0v) is 42.9. The summed E-state index contributed by atoms with van der Waals surface area (Å²) in [5.74, 6) is 0. The van der Waals surface area contributed by atoms with Crippen molar-refractivity contribution < 1.29 is 0 Å². The van der Waals surface area contributed by atoms with Gasteiger partial charge in [0, 0.05) is 0 Å². The Labute approximate surface area is 359 Å². The lowest BCUT2D eigenvalue weighted by Gasteiger charge is -2.54. The van der Waals surface area contributed by atoms with E-state index in [4.69, 9.17) is 0 Å². The van der Waals surface area contributed by atoms with Crippen molar-refractivity contribution in [3.8, 4) is 0 Å². The van der Waals surface area contributed by atoms with Crippen molar-refractivity contribution in [2.75, 3.05) is 21.1 Å². The summed E-state index contributed by atoms with van der Waals surface area (Å²) in [5.41, 5.74) is 0. The van der Waals surface area contributed by atoms with E-state index in [1.165, 1.54) is 0 Å². The van der Waals surface area contributed by atoms with Crippen LogP contribution >= 0.6 is 0 Å². The monoisotopic (exact) mass is 799 g/mol. The van der Waals surface area contributed by atoms with Crippen LogP contribution in [0.2, 0.25) is 0 Å². The lowest BCUT2D eigenvalue weighted by molar-refractivity contribution is 0.200. The van der Waals surface area contributed by atoms with Crippen LogP contribution in [0, 0.1) is 0 Å². The highest BCUT2D eigenvalue weighted by atomic mass is 15.5. The quantitative estimate of drug-likeness (QED) is 0.113. The second-order valence-electron chi connectivity index (χ2n) is 20.6. The lowest BCUT2D eigenvalue weighted by Crippen LogP contribution is -2.90. The Morgan fingerprint density at radius 3 is 0.439 bits per heavy atom. The van der Waals surface area contributed by atoms with Crippen LogP contribution in [-0.4, -0.2) is 179 Å². The van der Waals surface area contributed by atoms with Crippen molar-refractivity contribution in [2.45, 2.75) is 239 Å². The van der Waals surface area contributed by atoms with Crippen LogP contribution in [0.3, 0.4) is 0 Å². The molecule has 1 aliphatic heterocycles. The molecule has 1 aliphatic rings. The molecule has 3 N–H and O–H groups in total. The molecular formula is C39H96B6N12. The van der Waals surface area contributed by atoms with Gasteiger partial charge in [0.05, 0.1) is 0 Å². The van der Waals surface area contributed by atoms with Crippen LogP contribution < -0.4 is 15.4 Å². The highest BCUT2D eigenvalue weighted by molar-refractivity contribution is 6.91. The standard InChI is InChI=1S/C39H96B6N12/c1-28(2)52(29(3)4)43(53(30(5)6)31(7)8)49(25)40-46-41(50(26)44(54(32(9)10)33(11)12)55(34(13)14)35(15)16)48-42(47-40)51(27)45(56(36(17)18)37(19)20)57(38(21)22)39(23)24/h28-39,46-48H,1-27H3. The smallest absolute Gasteiger partial charge is 0.343 e. The molecule has 1 rings (SSSR count). The molecule has 0 spiro atoms. The number of hydrogen-bond donors (Lipinski definition) is 3. The summed E-state index contributed by atoms with van der Waals surface area (Å²) in [4.78, 5) is 16.1. The predicted octanol–water partition coefficient (Wildman–Crippen LogP) is 5.19. The van der Waals surface area contributed by atoms with E-state index >= 15 is 0 Å². The average molecular weight is 798 g/mol. The first-order valence-electron chi connectivity index (χ1n) is 23.1. The average Bonchev–Trinajstić information content (AvgIpc) is 3.03. The van der Waals surface area contributed by atoms with E-state index in [1.54, 1.807) is 0 Å². The summed E-state index contributed by atoms with van der Waals surface area (Å²) in [5, 5.41) is 12.6. The molecule has 18 heteroatoms. The molecule has 0 aromatic rings. The number of hydrogen-bond acceptors (Lipinski definition) is 12. The molecule has 0 aromatic carbocycles. The fourth-order valence-electron chi connectivity index (χ4n) is 10.2. The van der Waals surface area contributed by atoms with Gasteiger partial charge in [-0.05, 0) is 93.6 Å². The Bertz CT molecular complexity index is 871. The minimum Gasteiger partial charge on any atom is -0.343 e. The van der Waals surface area contributed by atoms with E-state index in [0.29, 0.717) is 72.5 Å². The molecule has 57 heavy (non-hydrogen) atoms. The van der Waals surface area contributed by atoms with Gasteiger partial charge >= 0.3 is 42.7 Å². The van der Waals surface area contributed by atoms with Crippen LogP contribution in [-0.2, 0) is 0 Å². The van der Waals surface area contributed by atoms with Gasteiger partial charge in [-0.25, -0.2) is 0 Å². The Kier molecular flexibility index (Phi) is 23.1. The summed E-state index contributed by atoms with van der Waals surface area (Å²) < 4.78 is 7.72. The van der Waals surface area contributed by atoms with Gasteiger partial charge in [-0.2, -0.15) is 0 Å². The molecular weight excluding hydrogens is 701 g/mol. The molecule has 0 aromatic heterocycles. The third-order valence-electron chi connectivity index (χ3n) is 12.0. The number of nitrogens with one attached hydrogen (secondary N) is 3. The third-order valence-corrected chi connectivity index (χ3v) is 12.0. The molecule has 0 aliphatic carbocycles. The minimum absolute atomic E-state index is 0.0351. The first kappa shape index (κ1) is 54.9. The molecule has 330 valence electrons. The van der Waals surface area contributed by atoms with Gasteiger partial charge in [0.2, 0.25) is 0 Å². The zero-order chi connectivity index (χ0) is 44.7. The fraction of sp³-hybridized carbons (Fsp3) is 1.00. The van der Waals surface area contributed by atoms with E-state index in [2.05, 4.69) is 246 Å². The maximum Gasteiger partial charge on any atom is 0.394 e. The summed E-state index contributed by atoms with van der Waals surface area (Å²) in [6, 6.07) is 4.14. The van der Waals surface area contributed by atoms with Crippen molar-refractivity contribution in [3.63, 3.8) is 0 Å². The highest BCUT2D eigenvalue weighted by Crippen LogP contribution is 2.24. The van der Waals surface area contributed by atoms with Crippen molar-refractivity contribution in [1.82, 2.24) is 58.4 Å². The summed E-state index contributed by atoms with van der Waals surface area (Å²) in [6.07, 6.45) is 0. The summed E-state index contributed by atoms with van der Waals surface area (Å²) >= 11 is 0. The molecule has 0 saturated carbocycles. The van der Waals surface area contributed by atoms with Gasteiger partial charge in [-0.15, -0.1) is 0 Å². The molecule has 0 amide bonds. The SMILES string of the molecule is CC(C)N(B(N(C)B1NB(N(C)B(N(C(C)C)C(C)C)N(C(C)C)C(C)C)NB(N(C)B(N(C(C)C)C(C)C)N(C(C)C)C(C)C)N1)N(C(C)C)C(C)C)C(C)C. The van der Waals surface area contributed by atoms with E-state index in [9.17, 15) is 0 Å². The van der Waals surface area contributed by atoms with Crippen LogP contribution in [0.25, 0.3) is 0 Å². The van der Waals surface area contributed by atoms with Crippen molar-refractivity contribution >= 4 is 42.7 Å². The molecule has 1 fully saturated rings. The van der Waals surface area contributed by atoms with Gasteiger partial charge in [0.25, 0.3) is 0 Å². The Morgan fingerprint density at radius 2 is 0.351 bits per heavy atom. The van der Waals surface area contributed by atoms with Gasteiger partial charge in [-0.3, -0.25) is 0 Å². The molecule has 0 bridgehead atoms. The Morgan fingerprint density at radius 1 is 0.246 bits per heavy atom. The normalized spacial score (nSPS) is 15.5. The number of rotatable bonds is 24. The topological polar surface area (TPSA) is 65.3 Å². The summed E-state index contributed by atoms with van der Waals surface area (Å²) in [6.45, 7) is 56.4. The van der Waals surface area contributed by atoms with Crippen molar-refractivity contribution in [3.05, 3.63) is 0 Å². The van der Waals surface area contributed by atoms with Crippen LogP contribution in [0.5, 0.6) is 0 Å². The zero-order valence-electron chi connectivity index (χ0n) is 42.9. The van der Waals surface area contributed by atoms with Crippen LogP contribution in [0.15, 0.2) is 0 Å². The largest absolute Gasteiger partial charge is 0.394 e. The van der Waals surface area contributed by atoms with Gasteiger partial charge in [0.1, 0.15) is 0 Å². The molecule has 1 saturated heterocycles. The van der Waals surface area contributed by atoms with Crippen LogP contribution in [0.4, 0.5) is 0 Å². The second kappa shape index (κ2) is 23.9. The highest BCUT2D eigenvalue weighted by Gasteiger charge is 2.54. The van der Waals surface area contributed by atoms with Gasteiger partial charge in [-0.1, -0.05) is 166 Å². The first-order chi connectivity index (χ1) is 26.0. The lowest BCUT2D eigenvalue weighted by atomic mass is 9.53. The van der Waals surface area contributed by atoms with Crippen molar-refractivity contribution in [1.29, 1.82) is 0 Å². The first-order valence-corrected chi connectivity index (χ1v) is 23.1. The van der Waals surface area contributed by atoms with Gasteiger partial charge < -0.3 is 58.4 Å². The molecule has 1 heterocycles. The van der Waals surface area contributed by atoms with Crippen molar-refractivity contribution in [2.24, 2.45) is 0 Å². The fourth-order valence-corrected chi connectivity index (χ4v) is 10.2. The second-order valence-corrected chi connectivity index (χ2v) is 20.6. The molecule has 0 radical (unpaired) electrons. The van der Waals surface area contributed by atoms with E-state index in [0.717, 1.165) is 0 Å². The maximum absolute atomic E-state index is 4.19.